The maximum Gasteiger partial charge on any atom is 0.223 e. The molecular weight excluding hydrogens is 242 g/mol. The van der Waals surface area contributed by atoms with E-state index >= 15 is 0 Å². The minimum absolute atomic E-state index is 0.0301. The van der Waals surface area contributed by atoms with E-state index in [0.29, 0.717) is 0 Å². The van der Waals surface area contributed by atoms with Crippen molar-refractivity contribution in [1.82, 2.24) is 0 Å². The molecule has 1 heterocycles. The maximum atomic E-state index is 12.0. The number of nitrogens with two attached hydrogens (primary N) is 1. The van der Waals surface area contributed by atoms with Crippen LogP contribution in [-0.4, -0.2) is 5.91 Å². The minimum atomic E-state index is -0.173. The number of primary amides is 1. The Balaban J connectivity index is 1.81. The molecule has 1 aromatic heterocycles. The molecule has 0 aliphatic heterocycles. The second kappa shape index (κ2) is 3.38. The summed E-state index contributed by atoms with van der Waals surface area (Å²) in [5.41, 5.74) is 5.88. The number of hydrogen-bond donors (Lipinski definition) is 1. The lowest BCUT2D eigenvalue weighted by atomic mass is 9.43. The zero-order valence-corrected chi connectivity index (χ0v) is 11.3. The van der Waals surface area contributed by atoms with Gasteiger partial charge in [-0.05, 0) is 61.8 Å². The lowest BCUT2D eigenvalue weighted by molar-refractivity contribution is -0.145. The van der Waals surface area contributed by atoms with Gasteiger partial charge in [0.2, 0.25) is 5.91 Å². The first-order chi connectivity index (χ1) is 8.62. The third-order valence-corrected chi connectivity index (χ3v) is 6.74. The largest absolute Gasteiger partial charge is 0.369 e. The average Bonchev–Trinajstić information content (AvgIpc) is 2.80. The van der Waals surface area contributed by atoms with E-state index in [1.54, 1.807) is 0 Å². The average molecular weight is 261 g/mol. The predicted molar refractivity (Wildman–Crippen MR) is 72.3 cm³/mol. The van der Waals surface area contributed by atoms with Crippen LogP contribution in [0.5, 0.6) is 0 Å². The molecule has 4 saturated carbocycles. The Morgan fingerprint density at radius 3 is 2.56 bits per heavy atom. The van der Waals surface area contributed by atoms with E-state index in [-0.39, 0.29) is 16.7 Å². The number of carbonyl (C=O) groups is 1. The maximum absolute atomic E-state index is 12.0. The summed E-state index contributed by atoms with van der Waals surface area (Å²) in [4.78, 5) is 13.5. The van der Waals surface area contributed by atoms with Gasteiger partial charge in [0.15, 0.2) is 0 Å². The molecule has 3 heteroatoms. The second-order valence-electron chi connectivity index (χ2n) is 6.86. The van der Waals surface area contributed by atoms with Gasteiger partial charge in [-0.1, -0.05) is 6.07 Å². The second-order valence-corrected chi connectivity index (χ2v) is 7.81. The predicted octanol–water partition coefficient (Wildman–Crippen LogP) is 3.07. The molecule has 96 valence electrons. The van der Waals surface area contributed by atoms with Gasteiger partial charge in [0, 0.05) is 10.3 Å². The van der Waals surface area contributed by atoms with Crippen molar-refractivity contribution in [2.45, 2.75) is 43.9 Å². The Labute approximate surface area is 112 Å². The van der Waals surface area contributed by atoms with Crippen molar-refractivity contribution in [2.75, 3.05) is 0 Å². The van der Waals surface area contributed by atoms with Crippen LogP contribution in [0.3, 0.4) is 0 Å². The number of thiophene rings is 1. The molecule has 0 aromatic carbocycles. The third-order valence-electron chi connectivity index (χ3n) is 5.63. The highest BCUT2D eigenvalue weighted by molar-refractivity contribution is 7.10. The molecule has 2 N–H and O–H groups in total. The van der Waals surface area contributed by atoms with Crippen molar-refractivity contribution < 1.29 is 4.79 Å². The number of carbonyl (C=O) groups excluding carboxylic acids is 1. The molecule has 4 fully saturated rings. The number of amides is 1. The molecule has 4 atom stereocenters. The van der Waals surface area contributed by atoms with Crippen LogP contribution < -0.4 is 5.73 Å². The fourth-order valence-corrected chi connectivity index (χ4v) is 6.37. The van der Waals surface area contributed by atoms with Crippen LogP contribution in [-0.2, 0) is 10.2 Å². The quantitative estimate of drug-likeness (QED) is 0.873. The van der Waals surface area contributed by atoms with Crippen LogP contribution in [0.1, 0.15) is 43.4 Å². The lowest BCUT2D eigenvalue weighted by Crippen LogP contribution is -2.58. The monoisotopic (exact) mass is 261 g/mol. The van der Waals surface area contributed by atoms with Crippen LogP contribution in [0, 0.1) is 17.3 Å². The van der Waals surface area contributed by atoms with E-state index in [2.05, 4.69) is 17.5 Å². The van der Waals surface area contributed by atoms with Crippen molar-refractivity contribution in [3.05, 3.63) is 22.4 Å². The first-order valence-corrected chi connectivity index (χ1v) is 7.84. The van der Waals surface area contributed by atoms with Crippen molar-refractivity contribution in [1.29, 1.82) is 0 Å². The zero-order valence-electron chi connectivity index (χ0n) is 10.5. The minimum Gasteiger partial charge on any atom is -0.369 e. The fraction of sp³-hybridized carbons (Fsp3) is 0.667. The van der Waals surface area contributed by atoms with Gasteiger partial charge in [-0.3, -0.25) is 4.79 Å². The van der Waals surface area contributed by atoms with E-state index in [1.165, 1.54) is 24.1 Å². The van der Waals surface area contributed by atoms with Crippen molar-refractivity contribution in [3.63, 3.8) is 0 Å². The van der Waals surface area contributed by atoms with E-state index in [9.17, 15) is 4.79 Å². The number of hydrogen-bond acceptors (Lipinski definition) is 2. The summed E-state index contributed by atoms with van der Waals surface area (Å²) in [6.07, 6.45) is 7.06. The van der Waals surface area contributed by atoms with Gasteiger partial charge in [0.05, 0.1) is 5.41 Å². The van der Waals surface area contributed by atoms with Crippen LogP contribution in [0.25, 0.3) is 0 Å². The first-order valence-electron chi connectivity index (χ1n) is 6.96. The van der Waals surface area contributed by atoms with E-state index in [0.717, 1.165) is 31.1 Å². The molecule has 1 aromatic rings. The Morgan fingerprint density at radius 1 is 1.28 bits per heavy atom. The summed E-state index contributed by atoms with van der Waals surface area (Å²) >= 11 is 1.87. The van der Waals surface area contributed by atoms with Crippen LogP contribution in [0.15, 0.2) is 17.5 Å². The van der Waals surface area contributed by atoms with Crippen LogP contribution >= 0.6 is 11.3 Å². The molecule has 4 aliphatic rings. The third kappa shape index (κ3) is 1.31. The normalized spacial score (nSPS) is 45.3. The molecule has 4 aliphatic carbocycles. The molecule has 0 radical (unpaired) electrons. The van der Waals surface area contributed by atoms with Crippen molar-refractivity contribution in [2.24, 2.45) is 23.0 Å². The van der Waals surface area contributed by atoms with Gasteiger partial charge in [0.1, 0.15) is 0 Å². The van der Waals surface area contributed by atoms with Crippen LogP contribution in [0.2, 0.25) is 0 Å². The summed E-state index contributed by atoms with van der Waals surface area (Å²) < 4.78 is 0. The van der Waals surface area contributed by atoms with Crippen LogP contribution in [0.4, 0.5) is 0 Å². The fourth-order valence-electron chi connectivity index (χ4n) is 5.42. The van der Waals surface area contributed by atoms with Gasteiger partial charge in [0.25, 0.3) is 0 Å². The molecule has 1 amide bonds. The summed E-state index contributed by atoms with van der Waals surface area (Å²) in [6.45, 7) is 0. The Hall–Kier alpha value is -0.830. The molecule has 2 nitrogen and oxygen atoms in total. The first kappa shape index (κ1) is 11.0. The molecule has 2 unspecified atom stereocenters. The number of rotatable bonds is 2. The Morgan fingerprint density at radius 2 is 2.00 bits per heavy atom. The van der Waals surface area contributed by atoms with E-state index in [4.69, 9.17) is 5.73 Å². The standard InChI is InChI=1S/C15H19NOS/c16-13(17)15-7-10-4-11(8-15)6-14(5-10,9-15)12-2-1-3-18-12/h1-3,10-11H,4-9H2,(H2,16,17)/t10-,11+,14?,15?. The topological polar surface area (TPSA) is 43.1 Å². The summed E-state index contributed by atoms with van der Waals surface area (Å²) in [6, 6.07) is 4.42. The highest BCUT2D eigenvalue weighted by Crippen LogP contribution is 2.66. The Kier molecular flexibility index (Phi) is 2.07. The summed E-state index contributed by atoms with van der Waals surface area (Å²) in [5.74, 6) is 1.44. The Bertz CT molecular complexity index is 479. The molecule has 18 heavy (non-hydrogen) atoms. The van der Waals surface area contributed by atoms with Gasteiger partial charge in [-0.2, -0.15) is 0 Å². The highest BCUT2D eigenvalue weighted by atomic mass is 32.1. The van der Waals surface area contributed by atoms with Gasteiger partial charge in [-0.25, -0.2) is 0 Å². The molecular formula is C15H19NOS. The smallest absolute Gasteiger partial charge is 0.223 e. The highest BCUT2D eigenvalue weighted by Gasteiger charge is 2.60. The zero-order chi connectivity index (χ0) is 12.4. The molecule has 0 spiro atoms. The summed E-state index contributed by atoms with van der Waals surface area (Å²) in [7, 11) is 0. The molecule has 0 saturated heterocycles. The molecule has 4 bridgehead atoms. The van der Waals surface area contributed by atoms with E-state index < -0.39 is 0 Å². The van der Waals surface area contributed by atoms with E-state index in [1.807, 2.05) is 11.3 Å². The van der Waals surface area contributed by atoms with Gasteiger partial charge < -0.3 is 5.73 Å². The lowest BCUT2D eigenvalue weighted by Gasteiger charge is -2.60. The van der Waals surface area contributed by atoms with Gasteiger partial charge >= 0.3 is 0 Å². The summed E-state index contributed by atoms with van der Waals surface area (Å²) in [5, 5.41) is 2.17. The van der Waals surface area contributed by atoms with Gasteiger partial charge in [-0.15, -0.1) is 11.3 Å². The van der Waals surface area contributed by atoms with Crippen molar-refractivity contribution >= 4 is 17.2 Å². The molecule has 5 rings (SSSR count). The van der Waals surface area contributed by atoms with Crippen molar-refractivity contribution in [3.8, 4) is 0 Å². The SMILES string of the molecule is NC(=O)C12C[C@H]3C[C@@H](C1)CC(c1cccs1)(C3)C2.